The van der Waals surface area contributed by atoms with Gasteiger partial charge >= 0.3 is 12.2 Å². The van der Waals surface area contributed by atoms with Crippen molar-refractivity contribution in [1.82, 2.24) is 10.1 Å². The summed E-state index contributed by atoms with van der Waals surface area (Å²) in [5.41, 5.74) is 6.67. The number of rotatable bonds is 6. The molecule has 1 heterocycles. The van der Waals surface area contributed by atoms with Gasteiger partial charge in [0.25, 0.3) is 0 Å². The predicted molar refractivity (Wildman–Crippen MR) is 104 cm³/mol. The number of nitrogens with two attached hydrogens (primary N) is 2. The fourth-order valence-corrected chi connectivity index (χ4v) is 3.64. The number of nitrogens with zero attached hydrogens (tertiary/aromatic N) is 3. The summed E-state index contributed by atoms with van der Waals surface area (Å²) in [6.45, 7) is 0. The maximum absolute atomic E-state index is 13.9. The highest BCUT2D eigenvalue weighted by atomic mass is 19.4. The molecule has 1 amide bonds. The lowest BCUT2D eigenvalue weighted by Gasteiger charge is -2.23. The van der Waals surface area contributed by atoms with E-state index in [1.165, 1.54) is 31.3 Å². The molecule has 174 valence electrons. The molecule has 32 heavy (non-hydrogen) atoms. The first kappa shape index (κ1) is 23.4. The molecular weight excluding hydrogens is 439 g/mol. The Morgan fingerprint density at radius 1 is 1.34 bits per heavy atom. The first-order valence-electron chi connectivity index (χ1n) is 9.50. The number of carbonyl (C=O) groups is 1. The SMILES string of the molecule is CN(N)/N=C(\N)c1ccc(C(C(=O)Nc2ncc(C(F)(F)F)o2)C2CCC(F)(F)C2)cc1. The van der Waals surface area contributed by atoms with E-state index < -0.39 is 48.0 Å². The predicted octanol–water partition coefficient (Wildman–Crippen LogP) is 3.28. The number of oxazole rings is 1. The maximum Gasteiger partial charge on any atom is 0.451 e. The molecule has 1 aromatic carbocycles. The average molecular weight is 460 g/mol. The molecule has 2 unspecified atom stereocenters. The van der Waals surface area contributed by atoms with Crippen molar-refractivity contribution in [3.63, 3.8) is 0 Å². The maximum atomic E-state index is 13.9. The van der Waals surface area contributed by atoms with Crippen molar-refractivity contribution >= 4 is 17.8 Å². The number of nitrogens with one attached hydrogen (secondary N) is 1. The Morgan fingerprint density at radius 2 is 2.00 bits per heavy atom. The molecule has 0 radical (unpaired) electrons. The summed E-state index contributed by atoms with van der Waals surface area (Å²) < 4.78 is 70.4. The number of benzene rings is 1. The van der Waals surface area contributed by atoms with Crippen LogP contribution in [0.1, 0.15) is 42.1 Å². The normalized spacial score (nSPS) is 19.6. The van der Waals surface area contributed by atoms with Gasteiger partial charge in [-0.05, 0) is 17.9 Å². The zero-order chi connectivity index (χ0) is 23.7. The molecule has 0 spiro atoms. The lowest BCUT2D eigenvalue weighted by atomic mass is 9.83. The van der Waals surface area contributed by atoms with Crippen molar-refractivity contribution in [1.29, 1.82) is 0 Å². The minimum Gasteiger partial charge on any atom is -0.419 e. The summed E-state index contributed by atoms with van der Waals surface area (Å²) in [7, 11) is 1.47. The summed E-state index contributed by atoms with van der Waals surface area (Å²) >= 11 is 0. The van der Waals surface area contributed by atoms with E-state index in [2.05, 4.69) is 19.8 Å². The molecule has 0 aliphatic heterocycles. The fourth-order valence-electron chi connectivity index (χ4n) is 3.64. The number of hydrogen-bond acceptors (Lipinski definition) is 6. The van der Waals surface area contributed by atoms with Crippen LogP contribution < -0.4 is 16.9 Å². The molecule has 1 aliphatic carbocycles. The van der Waals surface area contributed by atoms with Gasteiger partial charge in [0.2, 0.25) is 17.6 Å². The third-order valence-corrected chi connectivity index (χ3v) is 5.04. The number of hydrogen-bond donors (Lipinski definition) is 3. The summed E-state index contributed by atoms with van der Waals surface area (Å²) in [6, 6.07) is 5.45. The van der Waals surface area contributed by atoms with Gasteiger partial charge in [-0.15, -0.1) is 5.10 Å². The quantitative estimate of drug-likeness (QED) is 0.200. The van der Waals surface area contributed by atoms with E-state index in [0.717, 1.165) is 5.12 Å². The van der Waals surface area contributed by atoms with Crippen LogP contribution in [0.4, 0.5) is 28.0 Å². The third-order valence-electron chi connectivity index (χ3n) is 5.04. The number of amides is 1. The van der Waals surface area contributed by atoms with Crippen LogP contribution in [0.2, 0.25) is 0 Å². The Kier molecular flexibility index (Phi) is 6.39. The minimum atomic E-state index is -4.78. The number of anilines is 1. The number of amidine groups is 1. The van der Waals surface area contributed by atoms with Gasteiger partial charge < -0.3 is 10.2 Å². The highest BCUT2D eigenvalue weighted by Crippen LogP contribution is 2.46. The minimum absolute atomic E-state index is 0.0633. The first-order chi connectivity index (χ1) is 14.9. The Balaban J connectivity index is 1.87. The van der Waals surface area contributed by atoms with Crippen LogP contribution in [0, 0.1) is 5.92 Å². The Hall–Kier alpha value is -3.22. The Bertz CT molecular complexity index is 987. The second-order valence-corrected chi connectivity index (χ2v) is 7.53. The third kappa shape index (κ3) is 5.52. The average Bonchev–Trinajstić information content (AvgIpc) is 3.28. The van der Waals surface area contributed by atoms with Gasteiger partial charge in [0.1, 0.15) is 0 Å². The lowest BCUT2D eigenvalue weighted by Crippen LogP contribution is -2.28. The van der Waals surface area contributed by atoms with E-state index in [0.29, 0.717) is 17.3 Å². The van der Waals surface area contributed by atoms with E-state index in [-0.39, 0.29) is 18.7 Å². The molecule has 0 saturated heterocycles. The highest BCUT2D eigenvalue weighted by Gasteiger charge is 2.45. The van der Waals surface area contributed by atoms with Crippen molar-refractivity contribution in [3.05, 3.63) is 47.3 Å². The van der Waals surface area contributed by atoms with Gasteiger partial charge in [-0.2, -0.15) is 13.2 Å². The van der Waals surface area contributed by atoms with E-state index >= 15 is 0 Å². The number of hydrazine groups is 1. The van der Waals surface area contributed by atoms with E-state index in [9.17, 15) is 26.7 Å². The largest absolute Gasteiger partial charge is 0.451 e. The zero-order valence-corrected chi connectivity index (χ0v) is 16.9. The molecule has 1 aliphatic rings. The Morgan fingerprint density at radius 3 is 2.50 bits per heavy atom. The van der Waals surface area contributed by atoms with Crippen LogP contribution in [-0.4, -0.2) is 34.8 Å². The first-order valence-corrected chi connectivity index (χ1v) is 9.50. The van der Waals surface area contributed by atoms with Gasteiger partial charge in [0.15, 0.2) is 5.84 Å². The van der Waals surface area contributed by atoms with Gasteiger partial charge in [0.05, 0.1) is 12.1 Å². The van der Waals surface area contributed by atoms with Crippen molar-refractivity contribution < 1.29 is 31.2 Å². The van der Waals surface area contributed by atoms with Crippen molar-refractivity contribution in [3.8, 4) is 0 Å². The van der Waals surface area contributed by atoms with E-state index in [4.69, 9.17) is 11.6 Å². The van der Waals surface area contributed by atoms with Crippen molar-refractivity contribution in [2.24, 2.45) is 22.6 Å². The molecule has 3 rings (SSSR count). The molecule has 1 aromatic heterocycles. The van der Waals surface area contributed by atoms with Crippen LogP contribution in [-0.2, 0) is 11.0 Å². The molecule has 1 saturated carbocycles. The second-order valence-electron chi connectivity index (χ2n) is 7.53. The lowest BCUT2D eigenvalue weighted by molar-refractivity contribution is -0.152. The fraction of sp³-hybridized carbons (Fsp3) is 0.421. The van der Waals surface area contributed by atoms with Crippen molar-refractivity contribution in [2.75, 3.05) is 12.4 Å². The summed E-state index contributed by atoms with van der Waals surface area (Å²) in [4.78, 5) is 16.3. The van der Waals surface area contributed by atoms with Crippen LogP contribution >= 0.6 is 0 Å². The van der Waals surface area contributed by atoms with Crippen LogP contribution in [0.25, 0.3) is 0 Å². The molecule has 13 heteroatoms. The molecule has 0 bridgehead atoms. The standard InChI is InChI=1S/C19H21F5N6O2/c1-30(26)29-15(25)11-4-2-10(3-5-11)14(12-6-7-18(20,21)8-12)16(31)28-17-27-9-13(32-17)19(22,23)24/h2-5,9,12,14H,6-8,26H2,1H3,(H2,25,29)(H,27,28,31). The summed E-state index contributed by atoms with van der Waals surface area (Å²) in [5, 5.41) is 7.02. The van der Waals surface area contributed by atoms with Crippen LogP contribution in [0.15, 0.2) is 40.0 Å². The number of alkyl halides is 5. The number of aromatic nitrogens is 1. The molecule has 2 atom stereocenters. The molecule has 5 N–H and O–H groups in total. The molecular formula is C19H21F5N6O2. The number of halogens is 5. The van der Waals surface area contributed by atoms with Gasteiger partial charge in [-0.3, -0.25) is 10.1 Å². The number of carbonyl (C=O) groups excluding carboxylic acids is 1. The van der Waals surface area contributed by atoms with E-state index in [1.807, 2.05) is 0 Å². The summed E-state index contributed by atoms with van der Waals surface area (Å²) in [6.07, 6.45) is -5.21. The van der Waals surface area contributed by atoms with Crippen molar-refractivity contribution in [2.45, 2.75) is 37.3 Å². The van der Waals surface area contributed by atoms with Gasteiger partial charge in [0, 0.05) is 25.5 Å². The van der Waals surface area contributed by atoms with Gasteiger partial charge in [-0.25, -0.2) is 24.7 Å². The molecule has 8 nitrogen and oxygen atoms in total. The summed E-state index contributed by atoms with van der Waals surface area (Å²) in [5.74, 6) is -1.44. The van der Waals surface area contributed by atoms with Crippen LogP contribution in [0.3, 0.4) is 0 Å². The zero-order valence-electron chi connectivity index (χ0n) is 16.9. The second kappa shape index (κ2) is 8.73. The van der Waals surface area contributed by atoms with E-state index in [1.54, 1.807) is 0 Å². The Labute approximate surface area is 179 Å². The molecule has 2 aromatic rings. The smallest absolute Gasteiger partial charge is 0.419 e. The highest BCUT2D eigenvalue weighted by molar-refractivity contribution is 5.98. The topological polar surface area (TPSA) is 123 Å². The molecule has 1 fully saturated rings. The monoisotopic (exact) mass is 460 g/mol. The number of hydrazone groups is 1. The van der Waals surface area contributed by atoms with Gasteiger partial charge in [-0.1, -0.05) is 24.3 Å². The van der Waals surface area contributed by atoms with Crippen LogP contribution in [0.5, 0.6) is 0 Å².